The molecule has 1 saturated heterocycles. The van der Waals surface area contributed by atoms with E-state index in [-0.39, 0.29) is 52.8 Å². The molecule has 9 heteroatoms. The van der Waals surface area contributed by atoms with Gasteiger partial charge < -0.3 is 27.8 Å². The summed E-state index contributed by atoms with van der Waals surface area (Å²) < 4.78 is 40.4. The molecule has 7 nitrogen and oxygen atoms in total. The smallest absolute Gasteiger partial charge is 0.261 e. The Morgan fingerprint density at radius 1 is 0.907 bits per heavy atom. The number of allylic oxidation sites excluding steroid dienone is 1. The van der Waals surface area contributed by atoms with E-state index in [0.29, 0.717) is 12.3 Å². The number of hydrogen-bond acceptors (Lipinski definition) is 7. The standard InChI is InChI=1S/C45H68O7Si2/c1-32(41(51-53(12,13)42(3,4)5)33(2)40-30-45(52-44(9,10)49-40)27-26-35(46)31-48-45)28-34-24-25-38(39(29-34)47-11)50-54(43(6,7)8,36-20-16-14-17-21-36)37-22-18-15-19-23-37/h14-23,26-28,33-34,38-41H,24-25,29-31H2,1-13H3/b32-28+/t33-,34+,38-,39-,40+,41-,45+/m1/s1. The van der Waals surface area contributed by atoms with Gasteiger partial charge in [-0.2, -0.15) is 0 Å². The van der Waals surface area contributed by atoms with Crippen LogP contribution in [0.15, 0.2) is 84.5 Å². The molecular formula is C45H68O7Si2. The van der Waals surface area contributed by atoms with Crippen LogP contribution >= 0.6 is 0 Å². The molecule has 7 atom stereocenters. The van der Waals surface area contributed by atoms with Crippen LogP contribution < -0.4 is 10.4 Å². The molecule has 54 heavy (non-hydrogen) atoms. The molecule has 0 bridgehead atoms. The van der Waals surface area contributed by atoms with E-state index in [4.69, 9.17) is 27.8 Å². The molecule has 1 saturated carbocycles. The normalized spacial score (nSPS) is 28.2. The Labute approximate surface area is 328 Å². The van der Waals surface area contributed by atoms with Crippen LogP contribution in [0.3, 0.4) is 0 Å². The van der Waals surface area contributed by atoms with Crippen LogP contribution in [0.1, 0.15) is 94.9 Å². The minimum Gasteiger partial charge on any atom is -0.410 e. The zero-order valence-electron chi connectivity index (χ0n) is 35.4. The molecule has 298 valence electrons. The highest BCUT2D eigenvalue weighted by atomic mass is 28.4. The van der Waals surface area contributed by atoms with Crippen molar-refractivity contribution in [1.29, 1.82) is 0 Å². The van der Waals surface area contributed by atoms with Crippen molar-refractivity contribution in [1.82, 2.24) is 0 Å². The van der Waals surface area contributed by atoms with Gasteiger partial charge in [0.05, 0.1) is 24.4 Å². The van der Waals surface area contributed by atoms with Gasteiger partial charge in [0.1, 0.15) is 6.61 Å². The number of hydrogen-bond donors (Lipinski definition) is 0. The third kappa shape index (κ3) is 9.31. The Kier molecular flexibility index (Phi) is 13.0. The minimum atomic E-state index is -2.75. The third-order valence-electron chi connectivity index (χ3n) is 12.4. The number of carbonyl (C=O) groups excluding carboxylic acids is 1. The van der Waals surface area contributed by atoms with Crippen LogP contribution in [-0.2, 0) is 32.6 Å². The van der Waals surface area contributed by atoms with Gasteiger partial charge in [0.2, 0.25) is 0 Å². The summed E-state index contributed by atoms with van der Waals surface area (Å²) in [6.45, 7) is 26.8. The van der Waals surface area contributed by atoms with Crippen LogP contribution in [0.2, 0.25) is 23.2 Å². The van der Waals surface area contributed by atoms with E-state index in [9.17, 15) is 4.79 Å². The number of methoxy groups -OCH3 is 1. The highest BCUT2D eigenvalue weighted by molar-refractivity contribution is 6.99. The quantitative estimate of drug-likeness (QED) is 0.167. The van der Waals surface area contributed by atoms with Gasteiger partial charge in [0.15, 0.2) is 25.7 Å². The Morgan fingerprint density at radius 2 is 1.50 bits per heavy atom. The summed E-state index contributed by atoms with van der Waals surface area (Å²) in [5.41, 5.74) is 1.22. The summed E-state index contributed by atoms with van der Waals surface area (Å²) in [6, 6.07) is 21.8. The van der Waals surface area contributed by atoms with E-state index in [1.165, 1.54) is 15.9 Å². The molecule has 2 heterocycles. The number of carbonyl (C=O) groups is 1. The number of ketones is 1. The molecule has 2 fully saturated rings. The second-order valence-electron chi connectivity index (χ2n) is 19.0. The van der Waals surface area contributed by atoms with Crippen LogP contribution in [-0.4, -0.2) is 72.1 Å². The minimum absolute atomic E-state index is 0.000375. The molecule has 0 unspecified atom stereocenters. The van der Waals surface area contributed by atoms with E-state index in [2.05, 4.69) is 135 Å². The van der Waals surface area contributed by atoms with Crippen LogP contribution in [0.5, 0.6) is 0 Å². The topological polar surface area (TPSA) is 72.5 Å². The summed E-state index contributed by atoms with van der Waals surface area (Å²) >= 11 is 0. The predicted molar refractivity (Wildman–Crippen MR) is 223 cm³/mol. The lowest BCUT2D eigenvalue weighted by Crippen LogP contribution is -2.68. The first kappa shape index (κ1) is 42.9. The van der Waals surface area contributed by atoms with Gasteiger partial charge in [0, 0.05) is 19.4 Å². The zero-order chi connectivity index (χ0) is 39.7. The van der Waals surface area contributed by atoms with E-state index in [0.717, 1.165) is 19.3 Å². The van der Waals surface area contributed by atoms with Gasteiger partial charge in [0.25, 0.3) is 8.32 Å². The average molecular weight is 777 g/mol. The lowest BCUT2D eigenvalue weighted by molar-refractivity contribution is -0.389. The summed E-state index contributed by atoms with van der Waals surface area (Å²) in [5.74, 6) is -1.69. The monoisotopic (exact) mass is 776 g/mol. The van der Waals surface area contributed by atoms with Crippen molar-refractivity contribution in [2.75, 3.05) is 13.7 Å². The fourth-order valence-corrected chi connectivity index (χ4v) is 14.6. The van der Waals surface area contributed by atoms with Crippen molar-refractivity contribution in [3.63, 3.8) is 0 Å². The van der Waals surface area contributed by atoms with Gasteiger partial charge in [-0.25, -0.2) is 0 Å². The molecule has 1 aliphatic carbocycles. The number of ether oxygens (including phenoxy) is 4. The van der Waals surface area contributed by atoms with Crippen molar-refractivity contribution in [2.45, 2.75) is 154 Å². The van der Waals surface area contributed by atoms with Crippen molar-refractivity contribution >= 4 is 32.8 Å². The molecule has 2 aliphatic heterocycles. The second-order valence-corrected chi connectivity index (χ2v) is 28.0. The Balaban J connectivity index is 1.44. The number of benzene rings is 2. The van der Waals surface area contributed by atoms with Crippen molar-refractivity contribution in [3.05, 3.63) is 84.5 Å². The van der Waals surface area contributed by atoms with Crippen molar-refractivity contribution < 1.29 is 32.6 Å². The molecule has 2 aromatic rings. The maximum Gasteiger partial charge on any atom is 0.261 e. The first-order valence-electron chi connectivity index (χ1n) is 20.0. The van der Waals surface area contributed by atoms with Crippen LogP contribution in [0, 0.1) is 11.8 Å². The van der Waals surface area contributed by atoms with Gasteiger partial charge in [-0.1, -0.05) is 115 Å². The molecular weight excluding hydrogens is 709 g/mol. The molecule has 0 radical (unpaired) electrons. The predicted octanol–water partition coefficient (Wildman–Crippen LogP) is 9.11. The maximum atomic E-state index is 12.1. The zero-order valence-corrected chi connectivity index (χ0v) is 37.4. The fraction of sp³-hybridized carbons (Fsp3) is 0.622. The highest BCUT2D eigenvalue weighted by Crippen LogP contribution is 2.45. The summed E-state index contributed by atoms with van der Waals surface area (Å²) in [7, 11) is -3.12. The highest BCUT2D eigenvalue weighted by Gasteiger charge is 2.54. The van der Waals surface area contributed by atoms with Crippen molar-refractivity contribution in [3.8, 4) is 0 Å². The van der Waals surface area contributed by atoms with E-state index < -0.39 is 28.2 Å². The van der Waals surface area contributed by atoms with Gasteiger partial charge in [-0.15, -0.1) is 0 Å². The summed E-state index contributed by atoms with van der Waals surface area (Å²) in [4.78, 5) is 12.1. The largest absolute Gasteiger partial charge is 0.410 e. The van der Waals surface area contributed by atoms with Gasteiger partial charge in [-0.3, -0.25) is 4.79 Å². The van der Waals surface area contributed by atoms with Crippen molar-refractivity contribution in [2.24, 2.45) is 11.8 Å². The molecule has 5 rings (SSSR count). The maximum absolute atomic E-state index is 12.1. The first-order chi connectivity index (χ1) is 25.1. The van der Waals surface area contributed by atoms with Crippen LogP contribution in [0.25, 0.3) is 0 Å². The molecule has 1 spiro atoms. The first-order valence-corrected chi connectivity index (χ1v) is 24.9. The van der Waals surface area contributed by atoms with Gasteiger partial charge >= 0.3 is 0 Å². The van der Waals surface area contributed by atoms with Crippen LogP contribution in [0.4, 0.5) is 0 Å². The molecule has 0 N–H and O–H groups in total. The number of rotatable bonds is 11. The van der Waals surface area contributed by atoms with E-state index in [1.807, 2.05) is 21.0 Å². The summed E-state index contributed by atoms with van der Waals surface area (Å²) in [6.07, 6.45) is 8.56. The molecule has 3 aliphatic rings. The van der Waals surface area contributed by atoms with E-state index >= 15 is 0 Å². The summed E-state index contributed by atoms with van der Waals surface area (Å²) in [5, 5.41) is 2.49. The van der Waals surface area contributed by atoms with E-state index in [1.54, 1.807) is 12.2 Å². The second kappa shape index (κ2) is 16.3. The van der Waals surface area contributed by atoms with Gasteiger partial charge in [-0.05, 0) is 97.2 Å². The lowest BCUT2D eigenvalue weighted by Gasteiger charge is -2.50. The molecule has 0 aromatic heterocycles. The molecule has 2 aromatic carbocycles. The lowest BCUT2D eigenvalue weighted by atomic mass is 9.82. The Morgan fingerprint density at radius 3 is 2.00 bits per heavy atom. The average Bonchev–Trinajstić information content (AvgIpc) is 3.10. The SMILES string of the molecule is CO[C@@H]1C[C@H](/C=C(\C)[C@@H](O[Si](C)(C)C(C)(C)C)[C@H](C)[C@@H]2C[C@]3(C=CC(=O)CO3)OC(C)(C)O2)CC[C@H]1O[Si](c1ccccc1)(c1ccccc1)C(C)(C)C. The Bertz CT molecular complexity index is 1580. The molecule has 0 amide bonds. The third-order valence-corrected chi connectivity index (χ3v) is 21.9. The fourth-order valence-electron chi connectivity index (χ4n) is 8.52. The Hall–Kier alpha value is -2.22.